The zero-order chi connectivity index (χ0) is 12.1. The van der Waals surface area contributed by atoms with Crippen molar-refractivity contribution in [2.45, 2.75) is 31.7 Å². The molecule has 1 unspecified atom stereocenters. The smallest absolute Gasteiger partial charge is 0.327 e. The van der Waals surface area contributed by atoms with Crippen LogP contribution in [0, 0.1) is 5.92 Å². The first-order valence-electron chi connectivity index (χ1n) is 6.24. The summed E-state index contributed by atoms with van der Waals surface area (Å²) in [7, 11) is 0. The third kappa shape index (κ3) is 3.30. The Morgan fingerprint density at radius 2 is 2.06 bits per heavy atom. The Labute approximate surface area is 102 Å². The Bertz CT molecular complexity index is 360. The normalized spacial score (nSPS) is 17.2. The van der Waals surface area contributed by atoms with Crippen LogP contribution in [-0.4, -0.2) is 12.6 Å². The first-order chi connectivity index (χ1) is 8.27. The fraction of sp³-hybridized carbons (Fsp3) is 0.500. The van der Waals surface area contributed by atoms with Gasteiger partial charge in [0.1, 0.15) is 6.04 Å². The highest BCUT2D eigenvalue weighted by Gasteiger charge is 2.20. The van der Waals surface area contributed by atoms with Crippen molar-refractivity contribution in [1.29, 1.82) is 0 Å². The van der Waals surface area contributed by atoms with Gasteiger partial charge in [0.2, 0.25) is 0 Å². The highest BCUT2D eigenvalue weighted by Crippen LogP contribution is 2.29. The van der Waals surface area contributed by atoms with Gasteiger partial charge in [0.05, 0.1) is 6.61 Å². The van der Waals surface area contributed by atoms with E-state index >= 15 is 0 Å². The highest BCUT2D eigenvalue weighted by atomic mass is 16.5. The number of esters is 1. The third-order valence-corrected chi connectivity index (χ3v) is 3.41. The second-order valence-electron chi connectivity index (χ2n) is 4.64. The molecule has 0 bridgehead atoms. The fourth-order valence-corrected chi connectivity index (χ4v) is 1.99. The quantitative estimate of drug-likeness (QED) is 0.795. The molecule has 1 aliphatic carbocycles. The number of rotatable bonds is 5. The Morgan fingerprint density at radius 1 is 1.35 bits per heavy atom. The molecular weight excluding hydrogens is 214 g/mol. The Kier molecular flexibility index (Phi) is 4.15. The standard InChI is InChI=1S/C14H19NO2/c15-13(12-7-2-1-3-8-12)14(16)17-10-9-11-5-4-6-11/h1-3,7-8,11,13H,4-6,9-10,15H2. The van der Waals surface area contributed by atoms with Crippen molar-refractivity contribution in [2.75, 3.05) is 6.61 Å². The third-order valence-electron chi connectivity index (χ3n) is 3.41. The Hall–Kier alpha value is -1.35. The molecule has 0 heterocycles. The van der Waals surface area contributed by atoms with Crippen molar-refractivity contribution in [1.82, 2.24) is 0 Å². The number of carbonyl (C=O) groups is 1. The van der Waals surface area contributed by atoms with Gasteiger partial charge < -0.3 is 10.5 Å². The van der Waals surface area contributed by atoms with Crippen LogP contribution >= 0.6 is 0 Å². The van der Waals surface area contributed by atoms with Crippen LogP contribution in [0.25, 0.3) is 0 Å². The molecule has 1 atom stereocenters. The van der Waals surface area contributed by atoms with E-state index in [0.29, 0.717) is 6.61 Å². The predicted octanol–water partition coefficient (Wildman–Crippen LogP) is 2.42. The van der Waals surface area contributed by atoms with Gasteiger partial charge in [-0.2, -0.15) is 0 Å². The lowest BCUT2D eigenvalue weighted by atomic mass is 9.83. The van der Waals surface area contributed by atoms with Gasteiger partial charge in [-0.1, -0.05) is 49.6 Å². The van der Waals surface area contributed by atoms with Crippen LogP contribution in [-0.2, 0) is 9.53 Å². The maximum Gasteiger partial charge on any atom is 0.327 e. The van der Waals surface area contributed by atoms with E-state index in [1.807, 2.05) is 30.3 Å². The minimum atomic E-state index is -0.655. The molecule has 1 aliphatic rings. The summed E-state index contributed by atoms with van der Waals surface area (Å²) in [4.78, 5) is 11.7. The maximum atomic E-state index is 11.7. The van der Waals surface area contributed by atoms with Gasteiger partial charge >= 0.3 is 5.97 Å². The maximum absolute atomic E-state index is 11.7. The molecular formula is C14H19NO2. The second kappa shape index (κ2) is 5.82. The van der Waals surface area contributed by atoms with Crippen LogP contribution in [0.15, 0.2) is 30.3 Å². The topological polar surface area (TPSA) is 52.3 Å². The van der Waals surface area contributed by atoms with Crippen LogP contribution in [0.5, 0.6) is 0 Å². The minimum absolute atomic E-state index is 0.324. The Balaban J connectivity index is 1.75. The molecule has 3 nitrogen and oxygen atoms in total. The van der Waals surface area contributed by atoms with Gasteiger partial charge in [0.15, 0.2) is 0 Å². The summed E-state index contributed by atoms with van der Waals surface area (Å²) in [6.07, 6.45) is 4.86. The summed E-state index contributed by atoms with van der Waals surface area (Å²) in [6, 6.07) is 8.68. The predicted molar refractivity (Wildman–Crippen MR) is 66.3 cm³/mol. The largest absolute Gasteiger partial charge is 0.464 e. The number of carbonyl (C=O) groups excluding carboxylic acids is 1. The lowest BCUT2D eigenvalue weighted by molar-refractivity contribution is -0.145. The Morgan fingerprint density at radius 3 is 2.65 bits per heavy atom. The van der Waals surface area contributed by atoms with Crippen molar-refractivity contribution < 1.29 is 9.53 Å². The SMILES string of the molecule is NC(C(=O)OCCC1CCC1)c1ccccc1. The molecule has 0 spiro atoms. The molecule has 0 saturated heterocycles. The monoisotopic (exact) mass is 233 g/mol. The van der Waals surface area contributed by atoms with Crippen LogP contribution in [0.4, 0.5) is 0 Å². The summed E-state index contributed by atoms with van der Waals surface area (Å²) in [5.41, 5.74) is 6.63. The van der Waals surface area contributed by atoms with Gasteiger partial charge in [0, 0.05) is 0 Å². The molecule has 0 amide bonds. The number of benzene rings is 1. The van der Waals surface area contributed by atoms with Crippen molar-refractivity contribution in [2.24, 2.45) is 11.7 Å². The summed E-state index contributed by atoms with van der Waals surface area (Å²) in [5, 5.41) is 0. The van der Waals surface area contributed by atoms with E-state index in [4.69, 9.17) is 10.5 Å². The molecule has 2 rings (SSSR count). The number of hydrogen-bond acceptors (Lipinski definition) is 3. The number of nitrogens with two attached hydrogens (primary N) is 1. The number of hydrogen-bond donors (Lipinski definition) is 1. The average Bonchev–Trinajstić information content (AvgIpc) is 2.32. The van der Waals surface area contributed by atoms with E-state index in [1.165, 1.54) is 19.3 Å². The van der Waals surface area contributed by atoms with E-state index in [-0.39, 0.29) is 5.97 Å². The highest BCUT2D eigenvalue weighted by molar-refractivity contribution is 5.77. The first-order valence-corrected chi connectivity index (χ1v) is 6.24. The molecule has 2 N–H and O–H groups in total. The van der Waals surface area contributed by atoms with E-state index in [0.717, 1.165) is 17.9 Å². The lowest BCUT2D eigenvalue weighted by Gasteiger charge is -2.25. The summed E-state index contributed by atoms with van der Waals surface area (Å²) in [5.74, 6) is 0.436. The molecule has 0 aliphatic heterocycles. The molecule has 1 saturated carbocycles. The molecule has 0 aromatic heterocycles. The second-order valence-corrected chi connectivity index (χ2v) is 4.64. The van der Waals surface area contributed by atoms with Crippen molar-refractivity contribution in [3.05, 3.63) is 35.9 Å². The van der Waals surface area contributed by atoms with Crippen LogP contribution in [0.2, 0.25) is 0 Å². The molecule has 17 heavy (non-hydrogen) atoms. The molecule has 1 fully saturated rings. The summed E-state index contributed by atoms with van der Waals surface area (Å²) < 4.78 is 5.20. The number of ether oxygens (including phenoxy) is 1. The zero-order valence-corrected chi connectivity index (χ0v) is 9.97. The van der Waals surface area contributed by atoms with Gasteiger partial charge in [-0.25, -0.2) is 4.79 Å². The van der Waals surface area contributed by atoms with Crippen molar-refractivity contribution >= 4 is 5.97 Å². The first kappa shape index (κ1) is 12.1. The van der Waals surface area contributed by atoms with E-state index in [9.17, 15) is 4.79 Å². The van der Waals surface area contributed by atoms with E-state index in [1.54, 1.807) is 0 Å². The molecule has 1 aromatic rings. The molecule has 92 valence electrons. The average molecular weight is 233 g/mol. The van der Waals surface area contributed by atoms with Crippen molar-refractivity contribution in [3.8, 4) is 0 Å². The summed E-state index contributed by atoms with van der Waals surface area (Å²) >= 11 is 0. The van der Waals surface area contributed by atoms with E-state index < -0.39 is 6.04 Å². The summed E-state index contributed by atoms with van der Waals surface area (Å²) in [6.45, 7) is 0.504. The molecule has 3 heteroatoms. The molecule has 1 aromatic carbocycles. The fourth-order valence-electron chi connectivity index (χ4n) is 1.99. The van der Waals surface area contributed by atoms with Crippen LogP contribution in [0.3, 0.4) is 0 Å². The van der Waals surface area contributed by atoms with Gasteiger partial charge in [-0.05, 0) is 17.9 Å². The molecule has 0 radical (unpaired) electrons. The van der Waals surface area contributed by atoms with Crippen LogP contribution in [0.1, 0.15) is 37.3 Å². The van der Waals surface area contributed by atoms with Gasteiger partial charge in [-0.15, -0.1) is 0 Å². The van der Waals surface area contributed by atoms with Gasteiger partial charge in [0.25, 0.3) is 0 Å². The lowest BCUT2D eigenvalue weighted by Crippen LogP contribution is -2.25. The van der Waals surface area contributed by atoms with Gasteiger partial charge in [-0.3, -0.25) is 0 Å². The minimum Gasteiger partial charge on any atom is -0.464 e. The van der Waals surface area contributed by atoms with E-state index in [2.05, 4.69) is 0 Å². The zero-order valence-electron chi connectivity index (χ0n) is 9.97. The van der Waals surface area contributed by atoms with Crippen LogP contribution < -0.4 is 5.73 Å². The van der Waals surface area contributed by atoms with Crippen molar-refractivity contribution in [3.63, 3.8) is 0 Å².